The number of carboxylic acids is 1. The highest BCUT2D eigenvalue weighted by molar-refractivity contribution is 6.04. The Morgan fingerprint density at radius 2 is 0.922 bits per heavy atom. The third kappa shape index (κ3) is 16.7. The van der Waals surface area contributed by atoms with E-state index in [9.17, 15) is 55.1 Å². The Labute approximate surface area is 515 Å². The predicted octanol–water partition coefficient (Wildman–Crippen LogP) is 6.68. The largest absolute Gasteiger partial charge is 0.478 e. The number of pyridine rings is 2. The Hall–Kier alpha value is -9.34. The van der Waals surface area contributed by atoms with E-state index in [2.05, 4.69) is 51.6 Å². The van der Waals surface area contributed by atoms with E-state index in [1.807, 2.05) is 22.1 Å². The van der Waals surface area contributed by atoms with Crippen LogP contribution in [0.15, 0.2) is 97.3 Å². The zero-order valence-corrected chi connectivity index (χ0v) is 49.9. The molecule has 90 heavy (non-hydrogen) atoms. The number of aromatic nitrogens is 2. The number of nitrogens with zero attached hydrogens (tertiary/aromatic N) is 7. The minimum Gasteiger partial charge on any atom is -0.478 e. The first-order valence-corrected chi connectivity index (χ1v) is 29.4. The fourth-order valence-corrected chi connectivity index (χ4v) is 11.0. The van der Waals surface area contributed by atoms with Gasteiger partial charge in [-0.25, -0.2) is 41.1 Å². The molecule has 21 nitrogen and oxygen atoms in total. The molecular weight excluding hydrogens is 1180 g/mol. The van der Waals surface area contributed by atoms with E-state index in [4.69, 9.17) is 15.2 Å². The number of benzene rings is 4. The topological polar surface area (TPSA) is 257 Å². The number of amides is 5. The lowest BCUT2D eigenvalue weighted by atomic mass is 9.99. The Balaban J connectivity index is 0.000000156. The summed E-state index contributed by atoms with van der Waals surface area (Å²) in [6, 6.07) is 18.3. The van der Waals surface area contributed by atoms with Crippen LogP contribution in [0.2, 0.25) is 0 Å². The molecule has 27 heteroatoms. The number of carboxylic acid groups (broad SMARTS) is 1. The van der Waals surface area contributed by atoms with Crippen LogP contribution >= 0.6 is 0 Å². The Morgan fingerprint density at radius 3 is 1.36 bits per heavy atom. The van der Waals surface area contributed by atoms with Crippen molar-refractivity contribution in [3.05, 3.63) is 166 Å². The van der Waals surface area contributed by atoms with E-state index < -0.39 is 35.1 Å². The zero-order chi connectivity index (χ0) is 64.6. The van der Waals surface area contributed by atoms with Crippen LogP contribution in [-0.4, -0.2) is 159 Å². The number of halogens is 6. The van der Waals surface area contributed by atoms with Crippen LogP contribution in [0.1, 0.15) is 91.1 Å². The van der Waals surface area contributed by atoms with Gasteiger partial charge in [0.15, 0.2) is 34.9 Å². The van der Waals surface area contributed by atoms with Gasteiger partial charge in [-0.15, -0.1) is 0 Å². The minimum atomic E-state index is -1.27. The maximum Gasteiger partial charge on any atom is 0.335 e. The molecule has 0 bridgehead atoms. The van der Waals surface area contributed by atoms with Gasteiger partial charge in [-0.05, 0) is 135 Å². The van der Waals surface area contributed by atoms with Crippen molar-refractivity contribution in [3.8, 4) is 0 Å². The number of rotatable bonds is 9. The molecule has 5 amide bonds. The molecular formula is C63H71F6N13O8. The fourth-order valence-electron chi connectivity index (χ4n) is 11.0. The van der Waals surface area contributed by atoms with Crippen LogP contribution in [-0.2, 0) is 22.7 Å². The van der Waals surface area contributed by atoms with E-state index >= 15 is 0 Å². The van der Waals surface area contributed by atoms with Crippen LogP contribution in [0.4, 0.5) is 60.7 Å². The second kappa shape index (κ2) is 31.2. The number of fused-ring (bicyclic) bond motifs is 6. The number of aromatic carboxylic acids is 1. The number of hydrogen-bond donors (Lipinski definition) is 8. The molecule has 0 unspecified atom stereocenters. The molecule has 0 aliphatic carbocycles. The summed E-state index contributed by atoms with van der Waals surface area (Å²) in [7, 11) is 4.48. The predicted molar refractivity (Wildman–Crippen MR) is 327 cm³/mol. The number of hydrogen-bond acceptors (Lipinski definition) is 15. The van der Waals surface area contributed by atoms with Gasteiger partial charge < -0.3 is 61.7 Å². The van der Waals surface area contributed by atoms with Crippen molar-refractivity contribution in [1.29, 1.82) is 0 Å². The number of aliphatic hydroxyl groups excluding tert-OH is 1. The number of aliphatic hydroxyl groups is 1. The maximum absolute atomic E-state index is 14.6. The molecule has 0 saturated carbocycles. The van der Waals surface area contributed by atoms with Gasteiger partial charge in [0, 0.05) is 122 Å². The number of piperidine rings is 2. The molecule has 8 N–H and O–H groups in total. The van der Waals surface area contributed by atoms with Gasteiger partial charge >= 0.3 is 5.97 Å². The molecule has 2 atom stereocenters. The Morgan fingerprint density at radius 1 is 0.511 bits per heavy atom. The lowest BCUT2D eigenvalue weighted by Gasteiger charge is -2.40. The SMILES string of the molecule is CNC(=O)c1ccc(F)c(F)c1.CNC(=O)c1ccc(N2CCN(Cc3cnc4c(c3)NC(=O)[C@@H]3CCCCN43)CC2)c(F)c1.CNC(=O)c1ccc(N2CCNCC2)c(F)c1.O=C(O)c1ccc(F)c(F)c1.O=C1Nc2cc(CO)cnc2N2CCCC[C@@H]12. The highest BCUT2D eigenvalue weighted by atomic mass is 19.2. The van der Waals surface area contributed by atoms with E-state index in [-0.39, 0.29) is 65.1 Å². The molecule has 0 spiro atoms. The summed E-state index contributed by atoms with van der Waals surface area (Å²) >= 11 is 0. The first kappa shape index (κ1) is 66.6. The van der Waals surface area contributed by atoms with Crippen molar-refractivity contribution in [2.45, 2.75) is 63.8 Å². The molecule has 12 rings (SSSR count). The fraction of sp³-hybridized carbons (Fsp3) is 0.365. The summed E-state index contributed by atoms with van der Waals surface area (Å²) in [6.45, 7) is 8.69. The van der Waals surface area contributed by atoms with Crippen LogP contribution < -0.4 is 51.5 Å². The normalized spacial score (nSPS) is 17.3. The van der Waals surface area contributed by atoms with Crippen molar-refractivity contribution >= 4 is 69.9 Å². The molecule has 4 fully saturated rings. The second-order valence-electron chi connectivity index (χ2n) is 21.6. The third-order valence-electron chi connectivity index (χ3n) is 15.7. The van der Waals surface area contributed by atoms with Crippen molar-refractivity contribution in [2.75, 3.05) is 117 Å². The average Bonchev–Trinajstić information content (AvgIpc) is 1.71. The molecule has 2 aromatic heterocycles. The van der Waals surface area contributed by atoms with Crippen molar-refractivity contribution < 1.29 is 65.3 Å². The highest BCUT2D eigenvalue weighted by Gasteiger charge is 2.37. The molecule has 4 saturated heterocycles. The van der Waals surface area contributed by atoms with E-state index in [0.717, 1.165) is 156 Å². The Kier molecular flexibility index (Phi) is 23.1. The standard InChI is InChI=1S/C24H29FN6O2.C12H16FN3O.C12H15N3O2.C8H7F2NO.C7H4F2O2/c1-26-23(32)17-5-6-20(18(25)13-17)30-10-8-29(9-11-30)15-16-12-19-22(27-14-16)31-7-3-2-4-21(31)24(33)28-19;1-14-12(17)9-2-3-11(10(13)8-9)16-6-4-15-5-7-16;16-7-8-5-9-11(13-6-8)15-4-2-1-3-10(15)12(17)14-9;1-11-8(12)5-2-3-6(9)7(10)4-5;8-5-2-1-4(7(10)11)3-6(5)9/h5-6,12-14,21H,2-4,7-11,15H2,1H3,(H,26,32)(H,28,33);2-3,8,15H,4-7H2,1H3,(H,14,17);5-6,10,16H,1-4,7H2,(H,14,17);2-4H,1H3,(H,11,12);1-3H,(H,10,11)/t21-;;10-;;/m0.0../s1. The summed E-state index contributed by atoms with van der Waals surface area (Å²) in [6.07, 6.45) is 9.73. The molecule has 6 aliphatic rings. The van der Waals surface area contributed by atoms with E-state index in [0.29, 0.717) is 41.7 Å². The molecule has 478 valence electrons. The van der Waals surface area contributed by atoms with Crippen molar-refractivity contribution in [2.24, 2.45) is 0 Å². The molecule has 4 aromatic carbocycles. The second-order valence-corrected chi connectivity index (χ2v) is 21.6. The van der Waals surface area contributed by atoms with Gasteiger partial charge in [0.25, 0.3) is 17.7 Å². The first-order valence-electron chi connectivity index (χ1n) is 29.4. The lowest BCUT2D eigenvalue weighted by molar-refractivity contribution is -0.118. The molecule has 8 heterocycles. The lowest BCUT2D eigenvalue weighted by Crippen LogP contribution is -2.51. The average molecular weight is 1250 g/mol. The van der Waals surface area contributed by atoms with Crippen LogP contribution in [0.5, 0.6) is 0 Å². The smallest absolute Gasteiger partial charge is 0.335 e. The molecule has 6 aliphatic heterocycles. The number of nitrogens with one attached hydrogen (secondary N) is 6. The Bertz CT molecular complexity index is 3570. The van der Waals surface area contributed by atoms with Crippen LogP contribution in [0, 0.1) is 34.9 Å². The number of carbonyl (C=O) groups is 6. The van der Waals surface area contributed by atoms with Gasteiger partial charge in [0.2, 0.25) is 11.8 Å². The summed E-state index contributed by atoms with van der Waals surface area (Å²) in [5.41, 5.74) is 4.91. The number of piperazine rings is 2. The number of anilines is 6. The van der Waals surface area contributed by atoms with E-state index in [1.54, 1.807) is 36.5 Å². The summed E-state index contributed by atoms with van der Waals surface area (Å²) in [5, 5.41) is 33.8. The van der Waals surface area contributed by atoms with Crippen molar-refractivity contribution in [1.82, 2.24) is 36.1 Å². The van der Waals surface area contributed by atoms with Gasteiger partial charge in [-0.3, -0.25) is 28.9 Å². The van der Waals surface area contributed by atoms with Gasteiger partial charge in [0.05, 0.1) is 34.9 Å². The van der Waals surface area contributed by atoms with Gasteiger partial charge in [-0.1, -0.05) is 0 Å². The zero-order valence-electron chi connectivity index (χ0n) is 49.9. The molecule has 6 aromatic rings. The van der Waals surface area contributed by atoms with Gasteiger partial charge in [-0.2, -0.15) is 0 Å². The summed E-state index contributed by atoms with van der Waals surface area (Å²) < 4.78 is 77.9. The quantitative estimate of drug-likeness (QED) is 0.0703. The summed E-state index contributed by atoms with van der Waals surface area (Å²) in [5.74, 6) is -5.32. The first-order chi connectivity index (χ1) is 43.3. The monoisotopic (exact) mass is 1250 g/mol. The van der Waals surface area contributed by atoms with Crippen molar-refractivity contribution in [3.63, 3.8) is 0 Å². The van der Waals surface area contributed by atoms with E-state index in [1.165, 1.54) is 39.3 Å². The third-order valence-corrected chi connectivity index (χ3v) is 15.7. The summed E-state index contributed by atoms with van der Waals surface area (Å²) in [4.78, 5) is 88.2. The highest BCUT2D eigenvalue weighted by Crippen LogP contribution is 2.36. The molecule has 0 radical (unpaired) electrons. The van der Waals surface area contributed by atoms with Crippen LogP contribution in [0.25, 0.3) is 0 Å². The van der Waals surface area contributed by atoms with Crippen LogP contribution in [0.3, 0.4) is 0 Å². The minimum absolute atomic E-state index is 0.0501. The maximum atomic E-state index is 14.6. The van der Waals surface area contributed by atoms with Gasteiger partial charge in [0.1, 0.15) is 23.7 Å². The number of carbonyl (C=O) groups excluding carboxylic acids is 5.